The van der Waals surface area contributed by atoms with E-state index in [1.54, 1.807) is 7.11 Å². The van der Waals surface area contributed by atoms with Crippen LogP contribution in [0, 0.1) is 0 Å². The van der Waals surface area contributed by atoms with Crippen LogP contribution in [0.3, 0.4) is 0 Å². The molecule has 1 rings (SSSR count). The molecule has 0 aromatic heterocycles. The van der Waals surface area contributed by atoms with Crippen LogP contribution in [-0.4, -0.2) is 43.7 Å². The second-order valence-electron chi connectivity index (χ2n) is 4.12. The van der Waals surface area contributed by atoms with Crippen molar-refractivity contribution in [1.82, 2.24) is 5.32 Å². The Kier molecular flexibility index (Phi) is 6.31. The molecule has 5 heteroatoms. The van der Waals surface area contributed by atoms with E-state index in [2.05, 4.69) is 26.0 Å². The van der Waals surface area contributed by atoms with Gasteiger partial charge >= 0.3 is 5.97 Å². The Labute approximate surface area is 105 Å². The zero-order valence-corrected chi connectivity index (χ0v) is 11.5. The number of carbonyl (C=O) groups is 1. The lowest BCUT2D eigenvalue weighted by molar-refractivity contribution is -0.139. The highest BCUT2D eigenvalue weighted by atomic mass is 79.9. The smallest absolute Gasteiger partial charge is 0.320 e. The van der Waals surface area contributed by atoms with E-state index in [4.69, 9.17) is 4.74 Å². The van der Waals surface area contributed by atoms with E-state index in [-0.39, 0.29) is 10.8 Å². The summed E-state index contributed by atoms with van der Waals surface area (Å²) in [4.78, 5) is 10.9. The number of alkyl halides is 1. The van der Waals surface area contributed by atoms with Crippen molar-refractivity contribution in [3.63, 3.8) is 0 Å². The molecule has 16 heavy (non-hydrogen) atoms. The van der Waals surface area contributed by atoms with Crippen molar-refractivity contribution in [3.05, 3.63) is 0 Å². The number of hydrogen-bond acceptors (Lipinski definition) is 4. The highest BCUT2D eigenvalue weighted by Crippen LogP contribution is 2.20. The lowest BCUT2D eigenvalue weighted by atomic mass is 9.93. The van der Waals surface area contributed by atoms with Crippen molar-refractivity contribution in [2.45, 2.75) is 42.7 Å². The third-order valence-electron chi connectivity index (χ3n) is 3.00. The quantitative estimate of drug-likeness (QED) is 0.616. The molecule has 0 saturated heterocycles. The first-order valence-corrected chi connectivity index (χ1v) is 6.57. The van der Waals surface area contributed by atoms with E-state index in [0.29, 0.717) is 18.7 Å². The Morgan fingerprint density at radius 1 is 1.50 bits per heavy atom. The molecule has 0 aromatic carbocycles. The highest BCUT2D eigenvalue weighted by Gasteiger charge is 2.23. The first-order valence-electron chi connectivity index (χ1n) is 5.65. The number of hydrogen-bond donors (Lipinski definition) is 1. The van der Waals surface area contributed by atoms with Gasteiger partial charge in [0.05, 0.1) is 13.2 Å². The van der Waals surface area contributed by atoms with E-state index >= 15 is 0 Å². The van der Waals surface area contributed by atoms with Gasteiger partial charge in [0.1, 0.15) is 4.83 Å². The van der Waals surface area contributed by atoms with Gasteiger partial charge in [0, 0.05) is 19.7 Å². The number of carbonyl (C=O) groups excluding carboxylic acids is 1. The average molecular weight is 294 g/mol. The van der Waals surface area contributed by atoms with E-state index in [1.807, 2.05) is 0 Å². The van der Waals surface area contributed by atoms with Crippen LogP contribution in [0.2, 0.25) is 0 Å². The van der Waals surface area contributed by atoms with Crippen LogP contribution < -0.4 is 5.32 Å². The summed E-state index contributed by atoms with van der Waals surface area (Å²) in [6.07, 6.45) is 4.86. The van der Waals surface area contributed by atoms with E-state index in [1.165, 1.54) is 13.5 Å². The molecule has 1 aliphatic carbocycles. The number of nitrogens with one attached hydrogen (secondary N) is 1. The van der Waals surface area contributed by atoms with Crippen molar-refractivity contribution in [2.24, 2.45) is 0 Å². The summed E-state index contributed by atoms with van der Waals surface area (Å²) in [5.74, 6) is -0.230. The summed E-state index contributed by atoms with van der Waals surface area (Å²) >= 11 is 3.29. The van der Waals surface area contributed by atoms with Gasteiger partial charge in [-0.1, -0.05) is 15.9 Å². The van der Waals surface area contributed by atoms with Crippen molar-refractivity contribution >= 4 is 21.9 Å². The number of esters is 1. The lowest BCUT2D eigenvalue weighted by Gasteiger charge is -2.29. The molecule has 0 aromatic rings. The zero-order valence-electron chi connectivity index (χ0n) is 9.87. The van der Waals surface area contributed by atoms with Crippen molar-refractivity contribution in [1.29, 1.82) is 0 Å². The first kappa shape index (κ1) is 13.9. The fraction of sp³-hybridized carbons (Fsp3) is 0.909. The van der Waals surface area contributed by atoms with E-state index < -0.39 is 0 Å². The normalized spacial score (nSPS) is 27.4. The third-order valence-corrected chi connectivity index (χ3v) is 3.70. The van der Waals surface area contributed by atoms with Crippen LogP contribution in [0.25, 0.3) is 0 Å². The van der Waals surface area contributed by atoms with Crippen LogP contribution in [0.15, 0.2) is 0 Å². The molecule has 0 amide bonds. The van der Waals surface area contributed by atoms with Gasteiger partial charge in [0.15, 0.2) is 0 Å². The van der Waals surface area contributed by atoms with Gasteiger partial charge in [-0.2, -0.15) is 0 Å². The van der Waals surface area contributed by atoms with Crippen LogP contribution in [-0.2, 0) is 14.3 Å². The molecule has 3 unspecified atom stereocenters. The third kappa shape index (κ3) is 4.39. The minimum Gasteiger partial charge on any atom is -0.468 e. The SMILES string of the molecule is COC(=O)C(Br)CNC1CCCC(OC)C1. The van der Waals surface area contributed by atoms with Gasteiger partial charge in [-0.05, 0) is 25.7 Å². The molecular formula is C11H20BrNO3. The molecule has 94 valence electrons. The number of rotatable bonds is 5. The van der Waals surface area contributed by atoms with Crippen molar-refractivity contribution in [2.75, 3.05) is 20.8 Å². The largest absolute Gasteiger partial charge is 0.468 e. The Bertz CT molecular complexity index is 225. The molecule has 0 bridgehead atoms. The second kappa shape index (κ2) is 7.25. The predicted octanol–water partition coefficient (Wildman–Crippen LogP) is 1.47. The van der Waals surface area contributed by atoms with Gasteiger partial charge in [0.25, 0.3) is 0 Å². The number of halogens is 1. The maximum absolute atomic E-state index is 11.2. The minimum absolute atomic E-state index is 0.230. The molecule has 3 atom stereocenters. The molecule has 0 radical (unpaired) electrons. The molecular weight excluding hydrogens is 274 g/mol. The lowest BCUT2D eigenvalue weighted by Crippen LogP contribution is -2.41. The van der Waals surface area contributed by atoms with Gasteiger partial charge in [-0.3, -0.25) is 4.79 Å². The Morgan fingerprint density at radius 2 is 2.25 bits per heavy atom. The topological polar surface area (TPSA) is 47.6 Å². The zero-order chi connectivity index (χ0) is 12.0. The Morgan fingerprint density at radius 3 is 2.88 bits per heavy atom. The molecule has 0 heterocycles. The van der Waals surface area contributed by atoms with Gasteiger partial charge in [-0.25, -0.2) is 0 Å². The molecule has 1 saturated carbocycles. The minimum atomic E-state index is -0.263. The maximum Gasteiger partial charge on any atom is 0.320 e. The van der Waals surface area contributed by atoms with Crippen LogP contribution in [0.1, 0.15) is 25.7 Å². The van der Waals surface area contributed by atoms with Gasteiger partial charge in [-0.15, -0.1) is 0 Å². The fourth-order valence-electron chi connectivity index (χ4n) is 2.03. The summed E-state index contributed by atoms with van der Waals surface area (Å²) < 4.78 is 10.00. The molecule has 1 aliphatic rings. The van der Waals surface area contributed by atoms with Gasteiger partial charge in [0.2, 0.25) is 0 Å². The second-order valence-corrected chi connectivity index (χ2v) is 5.23. The standard InChI is InChI=1S/C11H20BrNO3/c1-15-9-5-3-4-8(6-9)13-7-10(12)11(14)16-2/h8-10,13H,3-7H2,1-2H3. The van der Waals surface area contributed by atoms with Crippen LogP contribution >= 0.6 is 15.9 Å². The molecule has 0 aliphatic heterocycles. The van der Waals surface area contributed by atoms with Crippen LogP contribution in [0.4, 0.5) is 0 Å². The number of ether oxygens (including phenoxy) is 2. The first-order chi connectivity index (χ1) is 7.67. The maximum atomic E-state index is 11.2. The van der Waals surface area contributed by atoms with E-state index in [9.17, 15) is 4.79 Å². The molecule has 0 spiro atoms. The summed E-state index contributed by atoms with van der Waals surface area (Å²) in [5.41, 5.74) is 0. The molecule has 4 nitrogen and oxygen atoms in total. The predicted molar refractivity (Wildman–Crippen MR) is 65.8 cm³/mol. The summed E-state index contributed by atoms with van der Waals surface area (Å²) in [5, 5.41) is 3.37. The highest BCUT2D eigenvalue weighted by molar-refractivity contribution is 9.10. The molecule has 1 N–H and O–H groups in total. The summed E-state index contributed by atoms with van der Waals surface area (Å²) in [6.45, 7) is 0.605. The average Bonchev–Trinajstić information content (AvgIpc) is 2.35. The van der Waals surface area contributed by atoms with Crippen LogP contribution in [0.5, 0.6) is 0 Å². The van der Waals surface area contributed by atoms with Gasteiger partial charge < -0.3 is 14.8 Å². The fourth-order valence-corrected chi connectivity index (χ4v) is 2.40. The van der Waals surface area contributed by atoms with E-state index in [0.717, 1.165) is 19.3 Å². The summed E-state index contributed by atoms with van der Waals surface area (Å²) in [6, 6.07) is 0.448. The van der Waals surface area contributed by atoms with Crippen molar-refractivity contribution in [3.8, 4) is 0 Å². The summed E-state index contributed by atoms with van der Waals surface area (Å²) in [7, 11) is 3.16. The number of methoxy groups -OCH3 is 2. The monoisotopic (exact) mass is 293 g/mol. The molecule has 1 fully saturated rings. The van der Waals surface area contributed by atoms with Crippen molar-refractivity contribution < 1.29 is 14.3 Å². The Balaban J connectivity index is 2.24. The Hall–Kier alpha value is -0.130.